The molecule has 0 saturated carbocycles. The third-order valence-corrected chi connectivity index (χ3v) is 1.77. The summed E-state index contributed by atoms with van der Waals surface area (Å²) in [5, 5.41) is 2.37. The van der Waals surface area contributed by atoms with Crippen LogP contribution in [0.15, 0.2) is 23.5 Å². The molecule has 6 heteroatoms. The van der Waals surface area contributed by atoms with E-state index < -0.39 is 17.4 Å². The number of nitrogens with two attached hydrogens (primary N) is 2. The molecule has 74 valence electrons. The average molecular weight is 193 g/mol. The maximum absolute atomic E-state index is 12.1. The molecule has 1 aliphatic heterocycles. The maximum Gasteiger partial charge on any atom is 0.417 e. The average Bonchev–Trinajstić information content (AvgIpc) is 1.92. The van der Waals surface area contributed by atoms with Crippen LogP contribution in [0.1, 0.15) is 6.92 Å². The lowest BCUT2D eigenvalue weighted by Gasteiger charge is -2.30. The molecule has 1 heterocycles. The highest BCUT2D eigenvalue weighted by atomic mass is 19.4. The van der Waals surface area contributed by atoms with Crippen LogP contribution in [0.25, 0.3) is 0 Å². The molecule has 0 spiro atoms. The van der Waals surface area contributed by atoms with E-state index in [9.17, 15) is 13.2 Å². The van der Waals surface area contributed by atoms with Gasteiger partial charge in [0.1, 0.15) is 5.66 Å². The molecule has 0 bridgehead atoms. The lowest BCUT2D eigenvalue weighted by molar-refractivity contribution is -0.0891. The van der Waals surface area contributed by atoms with Crippen LogP contribution in [0.5, 0.6) is 0 Å². The van der Waals surface area contributed by atoms with Crippen molar-refractivity contribution in [2.24, 2.45) is 11.5 Å². The SMILES string of the molecule is CC1(N)NC=C(C(F)(F)F)C=C1N. The lowest BCUT2D eigenvalue weighted by Crippen LogP contribution is -2.54. The highest BCUT2D eigenvalue weighted by molar-refractivity contribution is 5.34. The molecule has 5 N–H and O–H groups in total. The zero-order valence-electron chi connectivity index (χ0n) is 6.94. The highest BCUT2D eigenvalue weighted by Crippen LogP contribution is 2.29. The first-order chi connectivity index (χ1) is 5.73. The molecule has 13 heavy (non-hydrogen) atoms. The topological polar surface area (TPSA) is 64.1 Å². The van der Waals surface area contributed by atoms with Crippen LogP contribution in [0.3, 0.4) is 0 Å². The Morgan fingerprint density at radius 3 is 2.38 bits per heavy atom. The molecule has 0 radical (unpaired) electrons. The van der Waals surface area contributed by atoms with Crippen molar-refractivity contribution in [2.75, 3.05) is 0 Å². The molecular weight excluding hydrogens is 183 g/mol. The van der Waals surface area contributed by atoms with E-state index in [1.165, 1.54) is 6.92 Å². The van der Waals surface area contributed by atoms with Gasteiger partial charge in [0.05, 0.1) is 5.57 Å². The molecule has 0 amide bonds. The molecule has 3 nitrogen and oxygen atoms in total. The van der Waals surface area contributed by atoms with E-state index in [0.717, 1.165) is 12.3 Å². The van der Waals surface area contributed by atoms with Crippen LogP contribution < -0.4 is 16.8 Å². The largest absolute Gasteiger partial charge is 0.417 e. The number of hydrogen-bond acceptors (Lipinski definition) is 3. The molecule has 0 aromatic heterocycles. The van der Waals surface area contributed by atoms with Gasteiger partial charge in [-0.2, -0.15) is 13.2 Å². The fourth-order valence-electron chi connectivity index (χ4n) is 0.834. The Hall–Kier alpha value is -1.17. The van der Waals surface area contributed by atoms with Crippen LogP contribution >= 0.6 is 0 Å². The summed E-state index contributed by atoms with van der Waals surface area (Å²) in [4.78, 5) is 0. The van der Waals surface area contributed by atoms with Crippen molar-refractivity contribution in [2.45, 2.75) is 18.8 Å². The minimum atomic E-state index is -4.39. The van der Waals surface area contributed by atoms with Crippen LogP contribution in [0, 0.1) is 0 Å². The zero-order chi connectivity index (χ0) is 10.3. The first-order valence-electron chi connectivity index (χ1n) is 3.55. The number of alkyl halides is 3. The van der Waals surface area contributed by atoms with E-state index in [4.69, 9.17) is 11.5 Å². The third-order valence-electron chi connectivity index (χ3n) is 1.77. The molecule has 0 aliphatic carbocycles. The van der Waals surface area contributed by atoms with Gasteiger partial charge in [-0.05, 0) is 13.0 Å². The van der Waals surface area contributed by atoms with Crippen LogP contribution in [0.4, 0.5) is 13.2 Å². The van der Waals surface area contributed by atoms with E-state index in [0.29, 0.717) is 0 Å². The molecular formula is C7H10F3N3. The predicted molar refractivity (Wildman–Crippen MR) is 42.1 cm³/mol. The summed E-state index contributed by atoms with van der Waals surface area (Å²) < 4.78 is 36.4. The van der Waals surface area contributed by atoms with Gasteiger partial charge in [0.15, 0.2) is 0 Å². The van der Waals surface area contributed by atoms with Crippen LogP contribution in [-0.4, -0.2) is 11.8 Å². The number of hydrogen-bond donors (Lipinski definition) is 3. The molecule has 1 rings (SSSR count). The summed E-state index contributed by atoms with van der Waals surface area (Å²) in [7, 11) is 0. The number of halogens is 3. The third kappa shape index (κ3) is 1.95. The summed E-state index contributed by atoms with van der Waals surface area (Å²) >= 11 is 0. The lowest BCUT2D eigenvalue weighted by atomic mass is 10.0. The van der Waals surface area contributed by atoms with E-state index in [1.54, 1.807) is 0 Å². The number of allylic oxidation sites excluding steroid dienone is 2. The van der Waals surface area contributed by atoms with Crippen LogP contribution in [-0.2, 0) is 0 Å². The predicted octanol–water partition coefficient (Wildman–Crippen LogP) is 0.553. The van der Waals surface area contributed by atoms with Crippen molar-refractivity contribution in [1.82, 2.24) is 5.32 Å². The summed E-state index contributed by atoms with van der Waals surface area (Å²) in [6.45, 7) is 1.49. The molecule has 1 unspecified atom stereocenters. The van der Waals surface area contributed by atoms with Crippen molar-refractivity contribution in [1.29, 1.82) is 0 Å². The van der Waals surface area contributed by atoms with Crippen molar-refractivity contribution in [3.05, 3.63) is 23.5 Å². The standard InChI is InChI=1S/C7H10F3N3/c1-6(12)5(11)2-4(3-13-6)7(8,9)10/h2-3,13H,11-12H2,1H3. The van der Waals surface area contributed by atoms with E-state index in [2.05, 4.69) is 5.32 Å². The van der Waals surface area contributed by atoms with E-state index in [-0.39, 0.29) is 5.70 Å². The molecule has 0 saturated heterocycles. The first-order valence-corrected chi connectivity index (χ1v) is 3.55. The van der Waals surface area contributed by atoms with Crippen molar-refractivity contribution >= 4 is 0 Å². The van der Waals surface area contributed by atoms with Gasteiger partial charge in [0.25, 0.3) is 0 Å². The van der Waals surface area contributed by atoms with E-state index in [1.807, 2.05) is 0 Å². The number of dihydropyridines is 1. The van der Waals surface area contributed by atoms with Crippen molar-refractivity contribution in [3.63, 3.8) is 0 Å². The van der Waals surface area contributed by atoms with Gasteiger partial charge < -0.3 is 16.8 Å². The van der Waals surface area contributed by atoms with Crippen molar-refractivity contribution in [3.8, 4) is 0 Å². The summed E-state index contributed by atoms with van der Waals surface area (Å²) in [5.41, 5.74) is 8.87. The van der Waals surface area contributed by atoms with Gasteiger partial charge in [-0.25, -0.2) is 0 Å². The summed E-state index contributed by atoms with van der Waals surface area (Å²) in [6.07, 6.45) is -2.75. The minimum absolute atomic E-state index is 0.0395. The molecule has 0 fully saturated rings. The van der Waals surface area contributed by atoms with Crippen LogP contribution in [0.2, 0.25) is 0 Å². The van der Waals surface area contributed by atoms with Gasteiger partial charge in [0, 0.05) is 11.9 Å². The summed E-state index contributed by atoms with van der Waals surface area (Å²) in [6, 6.07) is 0. The Bertz CT molecular complexity index is 275. The molecule has 0 aromatic carbocycles. The van der Waals surface area contributed by atoms with Crippen molar-refractivity contribution < 1.29 is 13.2 Å². The Morgan fingerprint density at radius 1 is 1.46 bits per heavy atom. The normalized spacial score (nSPS) is 29.0. The molecule has 1 aliphatic rings. The second kappa shape index (κ2) is 2.66. The van der Waals surface area contributed by atoms with Gasteiger partial charge >= 0.3 is 6.18 Å². The Balaban J connectivity index is 2.95. The Kier molecular flexibility index (Phi) is 2.03. The smallest absolute Gasteiger partial charge is 0.399 e. The van der Waals surface area contributed by atoms with Gasteiger partial charge in [-0.3, -0.25) is 0 Å². The zero-order valence-corrected chi connectivity index (χ0v) is 6.94. The first kappa shape index (κ1) is 9.91. The Morgan fingerprint density at radius 2 is 2.00 bits per heavy atom. The second-order valence-electron chi connectivity index (χ2n) is 3.04. The molecule has 0 aromatic rings. The summed E-state index contributed by atoms with van der Waals surface area (Å²) in [5.74, 6) is 0. The monoisotopic (exact) mass is 193 g/mol. The maximum atomic E-state index is 12.1. The van der Waals surface area contributed by atoms with Gasteiger partial charge in [0.2, 0.25) is 0 Å². The van der Waals surface area contributed by atoms with Gasteiger partial charge in [-0.1, -0.05) is 0 Å². The second-order valence-corrected chi connectivity index (χ2v) is 3.04. The van der Waals surface area contributed by atoms with E-state index >= 15 is 0 Å². The quantitative estimate of drug-likeness (QED) is 0.526. The highest BCUT2D eigenvalue weighted by Gasteiger charge is 2.36. The minimum Gasteiger partial charge on any atom is -0.399 e. The number of rotatable bonds is 0. The Labute approximate surface area is 73.3 Å². The molecule has 1 atom stereocenters. The fourth-order valence-corrected chi connectivity index (χ4v) is 0.834. The fraction of sp³-hybridized carbons (Fsp3) is 0.429. The van der Waals surface area contributed by atoms with Gasteiger partial charge in [-0.15, -0.1) is 0 Å². The number of nitrogens with one attached hydrogen (secondary N) is 1.